The fourth-order valence-electron chi connectivity index (χ4n) is 2.50. The number of piperidine rings is 1. The van der Waals surface area contributed by atoms with Gasteiger partial charge in [0.25, 0.3) is 0 Å². The van der Waals surface area contributed by atoms with Crippen LogP contribution in [0.5, 0.6) is 0 Å². The second-order valence-corrected chi connectivity index (χ2v) is 5.60. The summed E-state index contributed by atoms with van der Waals surface area (Å²) >= 11 is 0. The Bertz CT molecular complexity index is 267. The van der Waals surface area contributed by atoms with Crippen molar-refractivity contribution < 1.29 is 9.53 Å². The zero-order chi connectivity index (χ0) is 13.6. The molecule has 1 rings (SSSR count). The maximum absolute atomic E-state index is 12.3. The normalized spacial score (nSPS) is 21.4. The van der Waals surface area contributed by atoms with Crippen LogP contribution < -0.4 is 5.32 Å². The van der Waals surface area contributed by atoms with Gasteiger partial charge in [0.2, 0.25) is 5.91 Å². The third-order valence-corrected chi connectivity index (χ3v) is 3.28. The number of nitrogens with zero attached hydrogens (tertiary/aromatic N) is 1. The highest BCUT2D eigenvalue weighted by atomic mass is 16.5. The number of likely N-dealkylation sites (tertiary alicyclic amines) is 1. The Hall–Kier alpha value is -0.610. The van der Waals surface area contributed by atoms with Gasteiger partial charge < -0.3 is 15.0 Å². The van der Waals surface area contributed by atoms with E-state index in [1.807, 2.05) is 25.7 Å². The summed E-state index contributed by atoms with van der Waals surface area (Å²) in [7, 11) is 0. The fraction of sp³-hybridized carbons (Fsp3) is 0.929. The Morgan fingerprint density at radius 3 is 2.78 bits per heavy atom. The minimum Gasteiger partial charge on any atom is -0.374 e. The third-order valence-electron chi connectivity index (χ3n) is 3.28. The lowest BCUT2D eigenvalue weighted by Gasteiger charge is -2.37. The lowest BCUT2D eigenvalue weighted by molar-refractivity contribution is -0.140. The quantitative estimate of drug-likeness (QED) is 0.755. The highest BCUT2D eigenvalue weighted by Crippen LogP contribution is 2.17. The van der Waals surface area contributed by atoms with Crippen LogP contribution in [0.1, 0.15) is 47.0 Å². The minimum absolute atomic E-state index is 0.0103. The molecule has 0 radical (unpaired) electrons. The van der Waals surface area contributed by atoms with Crippen LogP contribution in [0.15, 0.2) is 0 Å². The van der Waals surface area contributed by atoms with E-state index in [1.54, 1.807) is 0 Å². The van der Waals surface area contributed by atoms with E-state index in [4.69, 9.17) is 4.74 Å². The first-order chi connectivity index (χ1) is 8.50. The van der Waals surface area contributed by atoms with Crippen molar-refractivity contribution in [3.05, 3.63) is 0 Å². The van der Waals surface area contributed by atoms with Gasteiger partial charge in [0, 0.05) is 19.7 Å². The van der Waals surface area contributed by atoms with Crippen molar-refractivity contribution in [2.45, 2.75) is 58.6 Å². The van der Waals surface area contributed by atoms with E-state index in [9.17, 15) is 4.79 Å². The number of nitrogens with one attached hydrogen (secondary N) is 1. The topological polar surface area (TPSA) is 41.6 Å². The molecule has 0 aromatic rings. The van der Waals surface area contributed by atoms with Crippen LogP contribution in [0.2, 0.25) is 0 Å². The van der Waals surface area contributed by atoms with E-state index in [-0.39, 0.29) is 17.6 Å². The highest BCUT2D eigenvalue weighted by molar-refractivity contribution is 5.82. The highest BCUT2D eigenvalue weighted by Gasteiger charge is 2.32. The minimum atomic E-state index is -0.253. The van der Waals surface area contributed by atoms with Crippen molar-refractivity contribution in [1.29, 1.82) is 0 Å². The molecule has 0 aromatic carbocycles. The molecule has 18 heavy (non-hydrogen) atoms. The number of carbonyl (C=O) groups is 1. The molecule has 1 unspecified atom stereocenters. The molecule has 1 fully saturated rings. The smallest absolute Gasteiger partial charge is 0.239 e. The van der Waals surface area contributed by atoms with Crippen LogP contribution in [-0.2, 0) is 9.53 Å². The van der Waals surface area contributed by atoms with Gasteiger partial charge in [-0.2, -0.15) is 0 Å². The molecule has 1 heterocycles. The molecule has 106 valence electrons. The van der Waals surface area contributed by atoms with E-state index < -0.39 is 0 Å². The maximum Gasteiger partial charge on any atom is 0.239 e. The molecule has 0 bridgehead atoms. The van der Waals surface area contributed by atoms with E-state index in [1.165, 1.54) is 0 Å². The van der Waals surface area contributed by atoms with Crippen molar-refractivity contribution in [3.8, 4) is 0 Å². The molecule has 0 saturated carbocycles. The monoisotopic (exact) mass is 256 g/mol. The van der Waals surface area contributed by atoms with E-state index in [2.05, 4.69) is 12.2 Å². The van der Waals surface area contributed by atoms with Gasteiger partial charge >= 0.3 is 0 Å². The van der Waals surface area contributed by atoms with Crippen LogP contribution >= 0.6 is 0 Å². The summed E-state index contributed by atoms with van der Waals surface area (Å²) in [6, 6.07) is 0.0103. The molecule has 1 aliphatic rings. The molecule has 4 heteroatoms. The molecule has 0 spiro atoms. The average molecular weight is 256 g/mol. The Morgan fingerprint density at radius 1 is 1.44 bits per heavy atom. The van der Waals surface area contributed by atoms with Crippen molar-refractivity contribution in [2.75, 3.05) is 26.2 Å². The number of rotatable bonds is 7. The molecular formula is C14H28N2O2. The summed E-state index contributed by atoms with van der Waals surface area (Å²) in [4.78, 5) is 14.3. The van der Waals surface area contributed by atoms with Gasteiger partial charge in [-0.1, -0.05) is 6.92 Å². The molecule has 1 N–H and O–H groups in total. The Labute approximate surface area is 111 Å². The second kappa shape index (κ2) is 7.10. The molecule has 1 saturated heterocycles. The van der Waals surface area contributed by atoms with E-state index >= 15 is 0 Å². The number of hydrogen-bond acceptors (Lipinski definition) is 3. The summed E-state index contributed by atoms with van der Waals surface area (Å²) in [5.74, 6) is 0.238. The summed E-state index contributed by atoms with van der Waals surface area (Å²) in [5.41, 5.74) is -0.253. The van der Waals surface area contributed by atoms with Crippen LogP contribution in [-0.4, -0.2) is 48.7 Å². The molecule has 0 aromatic heterocycles. The molecule has 4 nitrogen and oxygen atoms in total. The molecule has 0 aliphatic carbocycles. The second-order valence-electron chi connectivity index (χ2n) is 5.60. The van der Waals surface area contributed by atoms with Crippen molar-refractivity contribution in [3.63, 3.8) is 0 Å². The Kier molecular flexibility index (Phi) is 6.09. The predicted octanol–water partition coefficient (Wildman–Crippen LogP) is 1.79. The van der Waals surface area contributed by atoms with Gasteiger partial charge in [0.05, 0.1) is 11.6 Å². The van der Waals surface area contributed by atoms with Crippen LogP contribution in [0.25, 0.3) is 0 Å². The first-order valence-electron chi connectivity index (χ1n) is 7.16. The van der Waals surface area contributed by atoms with Crippen LogP contribution in [0.4, 0.5) is 0 Å². The lowest BCUT2D eigenvalue weighted by atomic mass is 10.0. The van der Waals surface area contributed by atoms with Gasteiger partial charge in [0.15, 0.2) is 0 Å². The fourth-order valence-corrected chi connectivity index (χ4v) is 2.50. The zero-order valence-corrected chi connectivity index (χ0v) is 12.3. The summed E-state index contributed by atoms with van der Waals surface area (Å²) in [5, 5.41) is 3.34. The molecular weight excluding hydrogens is 228 g/mol. The van der Waals surface area contributed by atoms with Crippen LogP contribution in [0, 0.1) is 0 Å². The number of carbonyl (C=O) groups excluding carboxylic acids is 1. The summed E-state index contributed by atoms with van der Waals surface area (Å²) in [6.45, 7) is 11.4. The first-order valence-corrected chi connectivity index (χ1v) is 7.16. The summed E-state index contributed by atoms with van der Waals surface area (Å²) < 4.78 is 5.68. The van der Waals surface area contributed by atoms with Crippen molar-refractivity contribution in [2.24, 2.45) is 0 Å². The molecule has 1 aliphatic heterocycles. The largest absolute Gasteiger partial charge is 0.374 e. The van der Waals surface area contributed by atoms with Gasteiger partial charge in [-0.25, -0.2) is 0 Å². The van der Waals surface area contributed by atoms with E-state index in [0.29, 0.717) is 13.2 Å². The van der Waals surface area contributed by atoms with Crippen LogP contribution in [0.3, 0.4) is 0 Å². The maximum atomic E-state index is 12.3. The Morgan fingerprint density at radius 2 is 2.17 bits per heavy atom. The number of ether oxygens (including phenoxy) is 1. The third kappa shape index (κ3) is 4.58. The van der Waals surface area contributed by atoms with E-state index in [0.717, 1.165) is 32.4 Å². The van der Waals surface area contributed by atoms with Gasteiger partial charge in [-0.15, -0.1) is 0 Å². The Balaban J connectivity index is 2.52. The number of hydrogen-bond donors (Lipinski definition) is 1. The van der Waals surface area contributed by atoms with Gasteiger partial charge in [-0.3, -0.25) is 4.79 Å². The molecule has 1 atom stereocenters. The predicted molar refractivity (Wildman–Crippen MR) is 73.6 cm³/mol. The standard InChI is InChI=1S/C14H28N2O2/c1-5-9-15-12-8-7-10-16(13(12)17)11-14(3,4)18-6-2/h12,15H,5-11H2,1-4H3. The van der Waals surface area contributed by atoms with Crippen molar-refractivity contribution >= 4 is 5.91 Å². The average Bonchev–Trinajstić information content (AvgIpc) is 2.30. The zero-order valence-electron chi connectivity index (χ0n) is 12.3. The molecule has 1 amide bonds. The lowest BCUT2D eigenvalue weighted by Crippen LogP contribution is -2.54. The van der Waals surface area contributed by atoms with Gasteiger partial charge in [0.1, 0.15) is 0 Å². The van der Waals surface area contributed by atoms with Crippen molar-refractivity contribution in [1.82, 2.24) is 10.2 Å². The number of amides is 1. The SMILES string of the molecule is CCCNC1CCCN(CC(C)(C)OCC)C1=O. The van der Waals surface area contributed by atoms with Gasteiger partial charge in [-0.05, 0) is 46.6 Å². The first kappa shape index (κ1) is 15.4. The summed E-state index contributed by atoms with van der Waals surface area (Å²) in [6.07, 6.45) is 3.11.